The zero-order chi connectivity index (χ0) is 9.94. The predicted molar refractivity (Wildman–Crippen MR) is 61.2 cm³/mol. The molecule has 0 spiro atoms. The van der Waals surface area contributed by atoms with Gasteiger partial charge in [0.2, 0.25) is 0 Å². The minimum absolute atomic E-state index is 0.919. The predicted octanol–water partition coefficient (Wildman–Crippen LogP) is 4.50. The van der Waals surface area contributed by atoms with Crippen molar-refractivity contribution in [1.29, 1.82) is 0 Å². The normalized spacial score (nSPS) is 13.5. The molecule has 0 aliphatic carbocycles. The van der Waals surface area contributed by atoms with Gasteiger partial charge in [0.25, 0.3) is 0 Å². The first-order valence-corrected chi connectivity index (χ1v) is 10.3. The van der Waals surface area contributed by atoms with E-state index in [0.717, 1.165) is 14.3 Å². The van der Waals surface area contributed by atoms with Crippen LogP contribution in [-0.2, 0) is 0 Å². The van der Waals surface area contributed by atoms with Crippen molar-refractivity contribution in [3.63, 3.8) is 0 Å². The van der Waals surface area contributed by atoms with E-state index in [-0.39, 0.29) is 0 Å². The van der Waals surface area contributed by atoms with Gasteiger partial charge in [0.1, 0.15) is 0 Å². The van der Waals surface area contributed by atoms with Crippen LogP contribution in [-0.4, -0.2) is 13.3 Å². The van der Waals surface area contributed by atoms with Crippen molar-refractivity contribution < 1.29 is 0 Å². The second-order valence-corrected chi connectivity index (χ2v) is 17.8. The fourth-order valence-corrected chi connectivity index (χ4v) is 14.9. The van der Waals surface area contributed by atoms with E-state index < -0.39 is 13.3 Å². The number of hydrogen-bond donors (Lipinski definition) is 0. The first-order chi connectivity index (χ1) is 5.39. The van der Waals surface area contributed by atoms with Gasteiger partial charge in [0, 0.05) is 0 Å². The molecule has 0 aliphatic rings. The summed E-state index contributed by atoms with van der Waals surface area (Å²) in [6.07, 6.45) is 0. The van der Waals surface area contributed by atoms with Crippen LogP contribution in [0, 0.1) is 6.92 Å². The van der Waals surface area contributed by atoms with E-state index in [1.165, 1.54) is 5.25 Å². The molecule has 1 heteroatoms. The van der Waals surface area contributed by atoms with Crippen molar-refractivity contribution in [2.75, 3.05) is 0 Å². The standard InChI is InChI=1S/C11H25Ge/c1-8-12(9(2)3,10(4)5)11(6)7/h9-11H,1,8H2,2-7H3. The fraction of sp³-hybridized carbons (Fsp3) is 0.909. The summed E-state index contributed by atoms with van der Waals surface area (Å²) in [5, 5.41) is 1.24. The van der Waals surface area contributed by atoms with Gasteiger partial charge in [0.05, 0.1) is 0 Å². The third-order valence-corrected chi connectivity index (χ3v) is 19.0. The molecule has 0 heterocycles. The maximum atomic E-state index is 4.21. The van der Waals surface area contributed by atoms with Crippen LogP contribution < -0.4 is 0 Å². The molecular weight excluding hydrogens is 205 g/mol. The molecule has 0 rings (SSSR count). The van der Waals surface area contributed by atoms with E-state index in [4.69, 9.17) is 0 Å². The van der Waals surface area contributed by atoms with Crippen molar-refractivity contribution >= 4 is 13.3 Å². The molecule has 0 N–H and O–H groups in total. The average Bonchev–Trinajstić information content (AvgIpc) is 1.86. The molecule has 12 heavy (non-hydrogen) atoms. The van der Waals surface area contributed by atoms with Gasteiger partial charge in [-0.3, -0.25) is 0 Å². The molecule has 73 valence electrons. The number of rotatable bonds is 4. The van der Waals surface area contributed by atoms with Crippen molar-refractivity contribution in [3.8, 4) is 0 Å². The molecule has 0 atom stereocenters. The van der Waals surface area contributed by atoms with Crippen LogP contribution >= 0.6 is 0 Å². The summed E-state index contributed by atoms with van der Waals surface area (Å²) in [4.78, 5) is 0. The molecule has 0 amide bonds. The molecule has 0 aromatic heterocycles. The zero-order valence-corrected chi connectivity index (χ0v) is 11.7. The molecule has 0 fully saturated rings. The van der Waals surface area contributed by atoms with E-state index in [9.17, 15) is 0 Å². The van der Waals surface area contributed by atoms with Crippen molar-refractivity contribution in [2.24, 2.45) is 0 Å². The summed E-state index contributed by atoms with van der Waals surface area (Å²) in [5.74, 6) is 0. The molecule has 0 bridgehead atoms. The van der Waals surface area contributed by atoms with Crippen LogP contribution in [0.4, 0.5) is 0 Å². The van der Waals surface area contributed by atoms with Gasteiger partial charge in [-0.2, -0.15) is 0 Å². The van der Waals surface area contributed by atoms with Gasteiger partial charge in [-0.25, -0.2) is 0 Å². The van der Waals surface area contributed by atoms with E-state index in [1.807, 2.05) is 0 Å². The fourth-order valence-electron chi connectivity index (χ4n) is 2.87. The monoisotopic (exact) mass is 231 g/mol. The molecule has 0 saturated carbocycles. The van der Waals surface area contributed by atoms with Crippen LogP contribution in [0.3, 0.4) is 0 Å². The Labute approximate surface area is 81.5 Å². The van der Waals surface area contributed by atoms with Gasteiger partial charge in [-0.05, 0) is 0 Å². The van der Waals surface area contributed by atoms with Crippen LogP contribution in [0.1, 0.15) is 41.5 Å². The second kappa shape index (κ2) is 4.69. The first-order valence-electron chi connectivity index (χ1n) is 5.18. The van der Waals surface area contributed by atoms with Crippen LogP contribution in [0.2, 0.25) is 19.5 Å². The van der Waals surface area contributed by atoms with Crippen LogP contribution in [0.5, 0.6) is 0 Å². The Bertz CT molecular complexity index is 103. The summed E-state index contributed by atoms with van der Waals surface area (Å²) in [6, 6.07) is 0. The minimum atomic E-state index is -1.65. The van der Waals surface area contributed by atoms with Gasteiger partial charge in [-0.1, -0.05) is 0 Å². The summed E-state index contributed by atoms with van der Waals surface area (Å²) < 4.78 is 2.76. The molecule has 0 aromatic carbocycles. The average molecular weight is 230 g/mol. The third kappa shape index (κ3) is 2.07. The Morgan fingerprint density at radius 3 is 1.08 bits per heavy atom. The van der Waals surface area contributed by atoms with Crippen LogP contribution in [0.25, 0.3) is 0 Å². The summed E-state index contributed by atoms with van der Waals surface area (Å²) >= 11 is -1.65. The van der Waals surface area contributed by atoms with E-state index in [1.54, 1.807) is 0 Å². The molecular formula is C11H25Ge. The van der Waals surface area contributed by atoms with E-state index in [0.29, 0.717) is 0 Å². The summed E-state index contributed by atoms with van der Waals surface area (Å²) in [5.41, 5.74) is 0. The topological polar surface area (TPSA) is 0 Å². The molecule has 0 aliphatic heterocycles. The Morgan fingerprint density at radius 2 is 1.08 bits per heavy atom. The van der Waals surface area contributed by atoms with Gasteiger partial charge < -0.3 is 0 Å². The molecule has 0 unspecified atom stereocenters. The Hall–Kier alpha value is 0.543. The van der Waals surface area contributed by atoms with Gasteiger partial charge in [0.15, 0.2) is 0 Å². The van der Waals surface area contributed by atoms with Crippen LogP contribution in [0.15, 0.2) is 0 Å². The van der Waals surface area contributed by atoms with Crippen molar-refractivity contribution in [3.05, 3.63) is 6.92 Å². The van der Waals surface area contributed by atoms with E-state index in [2.05, 4.69) is 48.5 Å². The third-order valence-electron chi connectivity index (χ3n) is 3.66. The number of hydrogen-bond acceptors (Lipinski definition) is 0. The molecule has 0 saturated heterocycles. The Kier molecular flexibility index (Phi) is 4.90. The quantitative estimate of drug-likeness (QED) is 0.623. The summed E-state index contributed by atoms with van der Waals surface area (Å²) in [7, 11) is 0. The van der Waals surface area contributed by atoms with Gasteiger partial charge in [-0.15, -0.1) is 0 Å². The Morgan fingerprint density at radius 1 is 0.833 bits per heavy atom. The maximum absolute atomic E-state index is 4.21. The van der Waals surface area contributed by atoms with Gasteiger partial charge >= 0.3 is 81.2 Å². The SMILES string of the molecule is [CH2][CH2][Ge]([CH](C)C)([CH](C)C)[CH](C)C. The second-order valence-electron chi connectivity index (χ2n) is 4.83. The zero-order valence-electron chi connectivity index (χ0n) is 9.65. The summed E-state index contributed by atoms with van der Waals surface area (Å²) in [6.45, 7) is 18.7. The van der Waals surface area contributed by atoms with Crippen molar-refractivity contribution in [2.45, 2.75) is 61.0 Å². The van der Waals surface area contributed by atoms with Crippen molar-refractivity contribution in [1.82, 2.24) is 0 Å². The molecule has 0 nitrogen and oxygen atoms in total. The first kappa shape index (κ1) is 12.5. The molecule has 1 radical (unpaired) electrons. The molecule has 0 aromatic rings. The Balaban J connectivity index is 4.77. The van der Waals surface area contributed by atoms with E-state index >= 15 is 0 Å².